The zero-order valence-electron chi connectivity index (χ0n) is 12.8. The van der Waals surface area contributed by atoms with E-state index in [1.807, 2.05) is 26.0 Å². The van der Waals surface area contributed by atoms with Crippen LogP contribution in [0.3, 0.4) is 0 Å². The van der Waals surface area contributed by atoms with E-state index < -0.39 is 5.54 Å². The normalized spacial score (nSPS) is 12.1. The van der Waals surface area contributed by atoms with Crippen molar-refractivity contribution in [3.8, 4) is 0 Å². The Kier molecular flexibility index (Phi) is 5.96. The van der Waals surface area contributed by atoms with Crippen molar-refractivity contribution >= 4 is 12.0 Å². The summed E-state index contributed by atoms with van der Waals surface area (Å²) in [5.41, 5.74) is 1.90. The predicted octanol–water partition coefficient (Wildman–Crippen LogP) is 3.10. The van der Waals surface area contributed by atoms with Crippen LogP contribution in [0, 0.1) is 0 Å². The van der Waals surface area contributed by atoms with Gasteiger partial charge in [-0.25, -0.2) is 0 Å². The topological polar surface area (TPSA) is 49.3 Å². The van der Waals surface area contributed by atoms with Gasteiger partial charge in [-0.3, -0.25) is 4.79 Å². The highest BCUT2D eigenvalue weighted by molar-refractivity contribution is 5.92. The van der Waals surface area contributed by atoms with Crippen LogP contribution in [0.25, 0.3) is 6.08 Å². The zero-order valence-corrected chi connectivity index (χ0v) is 12.8. The monoisotopic (exact) mass is 275 g/mol. The lowest BCUT2D eigenvalue weighted by atomic mass is 10.0. The molecule has 0 radical (unpaired) electrons. The molecule has 0 aliphatic rings. The Hall–Kier alpha value is -1.61. The average molecular weight is 275 g/mol. The van der Waals surface area contributed by atoms with Crippen LogP contribution in [-0.2, 0) is 4.79 Å². The third-order valence-electron chi connectivity index (χ3n) is 3.23. The number of benzene rings is 1. The van der Waals surface area contributed by atoms with E-state index in [0.717, 1.165) is 5.56 Å². The Morgan fingerprint density at radius 1 is 1.30 bits per heavy atom. The van der Waals surface area contributed by atoms with Crippen LogP contribution < -0.4 is 5.32 Å². The highest BCUT2D eigenvalue weighted by Gasteiger charge is 2.17. The van der Waals surface area contributed by atoms with Crippen LogP contribution in [-0.4, -0.2) is 23.2 Å². The fraction of sp³-hybridized carbons (Fsp3) is 0.471. The molecule has 3 nitrogen and oxygen atoms in total. The highest BCUT2D eigenvalue weighted by Crippen LogP contribution is 2.15. The molecule has 1 amide bonds. The zero-order chi connectivity index (χ0) is 15.2. The molecule has 1 aromatic carbocycles. The lowest BCUT2D eigenvalue weighted by Crippen LogP contribution is -2.43. The van der Waals surface area contributed by atoms with Gasteiger partial charge >= 0.3 is 0 Å². The fourth-order valence-electron chi connectivity index (χ4n) is 1.88. The molecule has 0 bridgehead atoms. The predicted molar refractivity (Wildman–Crippen MR) is 83.5 cm³/mol. The summed E-state index contributed by atoms with van der Waals surface area (Å²) in [4.78, 5) is 11.8. The lowest BCUT2D eigenvalue weighted by molar-refractivity contribution is -0.118. The molecule has 0 spiro atoms. The van der Waals surface area contributed by atoms with Crippen LogP contribution in [0.1, 0.15) is 51.2 Å². The van der Waals surface area contributed by atoms with Crippen molar-refractivity contribution in [2.75, 3.05) is 6.61 Å². The molecule has 0 saturated carbocycles. The van der Waals surface area contributed by atoms with E-state index in [9.17, 15) is 4.79 Å². The minimum atomic E-state index is -0.391. The summed E-state index contributed by atoms with van der Waals surface area (Å²) in [6, 6.07) is 8.19. The van der Waals surface area contributed by atoms with Gasteiger partial charge in [-0.1, -0.05) is 38.1 Å². The Labute approximate surface area is 121 Å². The first kappa shape index (κ1) is 16.4. The molecule has 1 rings (SSSR count). The van der Waals surface area contributed by atoms with E-state index in [2.05, 4.69) is 31.3 Å². The largest absolute Gasteiger partial charge is 0.396 e. The first-order chi connectivity index (χ1) is 9.34. The van der Waals surface area contributed by atoms with Gasteiger partial charge < -0.3 is 10.4 Å². The second kappa shape index (κ2) is 7.25. The van der Waals surface area contributed by atoms with Gasteiger partial charge in [0.15, 0.2) is 0 Å². The van der Waals surface area contributed by atoms with Gasteiger partial charge in [-0.2, -0.15) is 0 Å². The van der Waals surface area contributed by atoms with Gasteiger partial charge in [0.05, 0.1) is 0 Å². The molecule has 0 aliphatic heterocycles. The molecule has 2 N–H and O–H groups in total. The van der Waals surface area contributed by atoms with Crippen LogP contribution in [0.15, 0.2) is 30.3 Å². The highest BCUT2D eigenvalue weighted by atomic mass is 16.3. The second-order valence-electron chi connectivity index (χ2n) is 6.00. The van der Waals surface area contributed by atoms with E-state index in [0.29, 0.717) is 12.3 Å². The summed E-state index contributed by atoms with van der Waals surface area (Å²) < 4.78 is 0. The Morgan fingerprint density at radius 2 is 1.90 bits per heavy atom. The van der Waals surface area contributed by atoms with E-state index in [1.54, 1.807) is 6.08 Å². The maximum atomic E-state index is 11.8. The number of rotatable bonds is 6. The lowest BCUT2D eigenvalue weighted by Gasteiger charge is -2.24. The van der Waals surface area contributed by atoms with Gasteiger partial charge in [0.2, 0.25) is 5.91 Å². The molecule has 0 heterocycles. The SMILES string of the molecule is CC(C)c1ccc(/C=C/C(=O)NC(C)(C)CCO)cc1. The molecule has 0 atom stereocenters. The van der Waals surface area contributed by atoms with Crippen molar-refractivity contribution in [3.05, 3.63) is 41.5 Å². The number of aliphatic hydroxyl groups is 1. The molecular formula is C17H25NO2. The quantitative estimate of drug-likeness (QED) is 0.784. The molecule has 110 valence electrons. The van der Waals surface area contributed by atoms with E-state index in [4.69, 9.17) is 5.11 Å². The first-order valence-electron chi connectivity index (χ1n) is 7.05. The molecule has 1 aromatic rings. The van der Waals surface area contributed by atoms with E-state index >= 15 is 0 Å². The van der Waals surface area contributed by atoms with Gasteiger partial charge in [0, 0.05) is 18.2 Å². The third kappa shape index (κ3) is 5.57. The Morgan fingerprint density at radius 3 is 2.40 bits per heavy atom. The summed E-state index contributed by atoms with van der Waals surface area (Å²) in [7, 11) is 0. The molecule has 0 saturated heterocycles. The van der Waals surface area contributed by atoms with Crippen LogP contribution in [0.2, 0.25) is 0 Å². The number of hydrogen-bond acceptors (Lipinski definition) is 2. The third-order valence-corrected chi connectivity index (χ3v) is 3.23. The molecule has 3 heteroatoms. The van der Waals surface area contributed by atoms with Gasteiger partial charge in [0.25, 0.3) is 0 Å². The fourth-order valence-corrected chi connectivity index (χ4v) is 1.88. The molecule has 0 aromatic heterocycles. The number of aliphatic hydroxyl groups excluding tert-OH is 1. The van der Waals surface area contributed by atoms with Crippen molar-refractivity contribution < 1.29 is 9.90 Å². The molecular weight excluding hydrogens is 250 g/mol. The van der Waals surface area contributed by atoms with Crippen molar-refractivity contribution in [1.29, 1.82) is 0 Å². The van der Waals surface area contributed by atoms with E-state index in [1.165, 1.54) is 11.6 Å². The van der Waals surface area contributed by atoms with Crippen LogP contribution in [0.5, 0.6) is 0 Å². The van der Waals surface area contributed by atoms with Crippen molar-refractivity contribution in [3.63, 3.8) is 0 Å². The maximum absolute atomic E-state index is 11.8. The van der Waals surface area contributed by atoms with Crippen molar-refractivity contribution in [1.82, 2.24) is 5.32 Å². The molecule has 20 heavy (non-hydrogen) atoms. The number of carbonyl (C=O) groups is 1. The number of carbonyl (C=O) groups excluding carboxylic acids is 1. The molecule has 0 fully saturated rings. The van der Waals surface area contributed by atoms with Gasteiger partial charge in [0.1, 0.15) is 0 Å². The summed E-state index contributed by atoms with van der Waals surface area (Å²) in [6.45, 7) is 8.16. The number of amides is 1. The van der Waals surface area contributed by atoms with Gasteiger partial charge in [-0.15, -0.1) is 0 Å². The van der Waals surface area contributed by atoms with Crippen molar-refractivity contribution in [2.24, 2.45) is 0 Å². The smallest absolute Gasteiger partial charge is 0.244 e. The second-order valence-corrected chi connectivity index (χ2v) is 6.00. The van der Waals surface area contributed by atoms with Crippen LogP contribution >= 0.6 is 0 Å². The number of hydrogen-bond donors (Lipinski definition) is 2. The standard InChI is InChI=1S/C17H25NO2/c1-13(2)15-8-5-14(6-9-15)7-10-16(20)18-17(3,4)11-12-19/h5-10,13,19H,11-12H2,1-4H3,(H,18,20)/b10-7+. The van der Waals surface area contributed by atoms with E-state index in [-0.39, 0.29) is 12.5 Å². The molecule has 0 unspecified atom stereocenters. The number of nitrogens with one attached hydrogen (secondary N) is 1. The average Bonchev–Trinajstić information content (AvgIpc) is 2.36. The minimum absolute atomic E-state index is 0.0632. The first-order valence-corrected chi connectivity index (χ1v) is 7.05. The van der Waals surface area contributed by atoms with Crippen molar-refractivity contribution in [2.45, 2.75) is 45.6 Å². The Bertz CT molecular complexity index is 458. The molecule has 0 aliphatic carbocycles. The summed E-state index contributed by atoms with van der Waals surface area (Å²) in [6.07, 6.45) is 3.87. The maximum Gasteiger partial charge on any atom is 0.244 e. The minimum Gasteiger partial charge on any atom is -0.396 e. The summed E-state index contributed by atoms with van der Waals surface area (Å²) >= 11 is 0. The summed E-state index contributed by atoms with van der Waals surface area (Å²) in [5, 5.41) is 11.8. The summed E-state index contributed by atoms with van der Waals surface area (Å²) in [5.74, 6) is 0.368. The Balaban J connectivity index is 2.61. The van der Waals surface area contributed by atoms with Gasteiger partial charge in [-0.05, 0) is 43.4 Å². The van der Waals surface area contributed by atoms with Crippen LogP contribution in [0.4, 0.5) is 0 Å².